The number of aromatic nitrogens is 7. The van der Waals surface area contributed by atoms with E-state index in [-0.39, 0.29) is 0 Å². The lowest BCUT2D eigenvalue weighted by atomic mass is 10.2. The van der Waals surface area contributed by atoms with E-state index in [0.29, 0.717) is 22.7 Å². The summed E-state index contributed by atoms with van der Waals surface area (Å²) in [6.07, 6.45) is 6.80. The smallest absolute Gasteiger partial charge is 0.189 e. The van der Waals surface area contributed by atoms with Gasteiger partial charge < -0.3 is 14.6 Å². The maximum Gasteiger partial charge on any atom is 0.189 e. The van der Waals surface area contributed by atoms with Gasteiger partial charge in [0.25, 0.3) is 0 Å². The van der Waals surface area contributed by atoms with Crippen molar-refractivity contribution in [3.8, 4) is 22.3 Å². The number of rotatable bonds is 5. The Bertz CT molecular complexity index is 1710. The van der Waals surface area contributed by atoms with Crippen LogP contribution in [-0.4, -0.2) is 34.5 Å². The number of imidazole rings is 1. The second kappa shape index (κ2) is 8.41. The number of fused-ring (bicyclic) bond motifs is 2. The molecule has 10 heteroatoms. The molecule has 0 amide bonds. The van der Waals surface area contributed by atoms with Crippen molar-refractivity contribution in [2.24, 2.45) is 7.05 Å². The topological polar surface area (TPSA) is 104 Å². The van der Waals surface area contributed by atoms with Gasteiger partial charge in [0, 0.05) is 29.9 Å². The molecule has 35 heavy (non-hydrogen) atoms. The van der Waals surface area contributed by atoms with Gasteiger partial charge in [-0.05, 0) is 49.7 Å². The Labute approximate surface area is 204 Å². The monoisotopic (exact) mass is 480 g/mol. The maximum atomic E-state index is 6.14. The molecule has 0 unspecified atom stereocenters. The highest BCUT2D eigenvalue weighted by molar-refractivity contribution is 7.14. The van der Waals surface area contributed by atoms with Crippen LogP contribution in [0.4, 0.5) is 11.5 Å². The van der Waals surface area contributed by atoms with Gasteiger partial charge >= 0.3 is 0 Å². The molecule has 4 heterocycles. The van der Waals surface area contributed by atoms with E-state index in [0.717, 1.165) is 43.7 Å². The van der Waals surface area contributed by atoms with Gasteiger partial charge in [0.1, 0.15) is 28.9 Å². The van der Waals surface area contributed by atoms with Crippen molar-refractivity contribution in [2.45, 2.75) is 13.8 Å². The van der Waals surface area contributed by atoms with Crippen LogP contribution >= 0.6 is 11.3 Å². The van der Waals surface area contributed by atoms with Gasteiger partial charge in [0.15, 0.2) is 16.6 Å². The fourth-order valence-electron chi connectivity index (χ4n) is 3.79. The molecule has 0 bridgehead atoms. The first-order chi connectivity index (χ1) is 17.0. The first-order valence-corrected chi connectivity index (χ1v) is 11.7. The first-order valence-electron chi connectivity index (χ1n) is 10.9. The Morgan fingerprint density at radius 1 is 0.914 bits per heavy atom. The standard InChI is InChI=1S/C25H20N8OS/c1-14-8-16(4-7-21(14)34-17-5-6-20-18(9-17)30-13-33(20)3)31-23-22-19(28-12-29-23)11-26-24(32-22)25-27-10-15(2)35-25/h4-13H,1-3H3,(H,28,29,31). The minimum absolute atomic E-state index is 0.554. The summed E-state index contributed by atoms with van der Waals surface area (Å²) in [7, 11) is 1.97. The molecule has 0 radical (unpaired) electrons. The SMILES string of the molecule is Cc1cnc(-c2ncc3ncnc(Nc4ccc(Oc5ccc6c(c5)ncn6C)c(C)c4)c3n2)s1. The zero-order chi connectivity index (χ0) is 23.9. The van der Waals surface area contributed by atoms with E-state index in [1.807, 2.05) is 68.1 Å². The van der Waals surface area contributed by atoms with Gasteiger partial charge in [-0.2, -0.15) is 0 Å². The molecular formula is C25H20N8OS. The molecule has 0 fully saturated rings. The summed E-state index contributed by atoms with van der Waals surface area (Å²) in [6.45, 7) is 4.01. The lowest BCUT2D eigenvalue weighted by Crippen LogP contribution is -2.00. The van der Waals surface area contributed by atoms with Gasteiger partial charge in [0.2, 0.25) is 0 Å². The second-order valence-electron chi connectivity index (χ2n) is 8.14. The molecule has 172 valence electrons. The third-order valence-electron chi connectivity index (χ3n) is 5.55. The van der Waals surface area contributed by atoms with Crippen LogP contribution in [0.2, 0.25) is 0 Å². The van der Waals surface area contributed by atoms with E-state index in [4.69, 9.17) is 9.72 Å². The zero-order valence-corrected chi connectivity index (χ0v) is 20.0. The number of aryl methyl sites for hydroxylation is 3. The first kappa shape index (κ1) is 21.1. The molecule has 1 N–H and O–H groups in total. The third-order valence-corrected chi connectivity index (χ3v) is 6.46. The van der Waals surface area contributed by atoms with E-state index in [9.17, 15) is 0 Å². The Balaban J connectivity index is 1.28. The molecule has 0 aliphatic carbocycles. The van der Waals surface area contributed by atoms with Gasteiger partial charge in [-0.25, -0.2) is 29.9 Å². The largest absolute Gasteiger partial charge is 0.457 e. The Morgan fingerprint density at radius 3 is 2.66 bits per heavy atom. The van der Waals surface area contributed by atoms with Gasteiger partial charge in [-0.15, -0.1) is 11.3 Å². The minimum atomic E-state index is 0.554. The number of nitrogens with zero attached hydrogens (tertiary/aromatic N) is 7. The highest BCUT2D eigenvalue weighted by atomic mass is 32.1. The fourth-order valence-corrected chi connectivity index (χ4v) is 4.50. The number of thiazole rings is 1. The molecule has 0 spiro atoms. The van der Waals surface area contributed by atoms with Crippen molar-refractivity contribution >= 4 is 44.9 Å². The summed E-state index contributed by atoms with van der Waals surface area (Å²) in [5.41, 5.74) is 5.07. The van der Waals surface area contributed by atoms with Crippen molar-refractivity contribution in [1.82, 2.24) is 34.5 Å². The van der Waals surface area contributed by atoms with Crippen LogP contribution < -0.4 is 10.1 Å². The number of hydrogen-bond donors (Lipinski definition) is 1. The Kier molecular flexibility index (Phi) is 5.07. The van der Waals surface area contributed by atoms with Gasteiger partial charge in [0.05, 0.1) is 23.6 Å². The maximum absolute atomic E-state index is 6.14. The Hall–Kier alpha value is -4.44. The van der Waals surface area contributed by atoms with Crippen molar-refractivity contribution in [1.29, 1.82) is 0 Å². The lowest BCUT2D eigenvalue weighted by molar-refractivity contribution is 0.479. The third kappa shape index (κ3) is 4.04. The van der Waals surface area contributed by atoms with Crippen LogP contribution in [0.5, 0.6) is 11.5 Å². The molecule has 4 aromatic heterocycles. The molecule has 0 atom stereocenters. The fraction of sp³-hybridized carbons (Fsp3) is 0.120. The highest BCUT2D eigenvalue weighted by Crippen LogP contribution is 2.31. The van der Waals surface area contributed by atoms with E-state index < -0.39 is 0 Å². The molecule has 6 rings (SSSR count). The van der Waals surface area contributed by atoms with Crippen molar-refractivity contribution in [2.75, 3.05) is 5.32 Å². The van der Waals surface area contributed by atoms with E-state index >= 15 is 0 Å². The normalized spacial score (nSPS) is 11.3. The predicted molar refractivity (Wildman–Crippen MR) is 136 cm³/mol. The summed E-state index contributed by atoms with van der Waals surface area (Å²) < 4.78 is 8.12. The van der Waals surface area contributed by atoms with Gasteiger partial charge in [-0.1, -0.05) is 0 Å². The molecule has 9 nitrogen and oxygen atoms in total. The van der Waals surface area contributed by atoms with Crippen LogP contribution in [0.15, 0.2) is 61.4 Å². The Morgan fingerprint density at radius 2 is 1.83 bits per heavy atom. The quantitative estimate of drug-likeness (QED) is 0.341. The summed E-state index contributed by atoms with van der Waals surface area (Å²) in [5.74, 6) is 2.66. The van der Waals surface area contributed by atoms with Crippen LogP contribution in [-0.2, 0) is 7.05 Å². The molecule has 0 aliphatic heterocycles. The predicted octanol–water partition coefficient (Wildman–Crippen LogP) is 5.58. The van der Waals surface area contributed by atoms with E-state index in [1.165, 1.54) is 6.33 Å². The molecule has 6 aromatic rings. The van der Waals surface area contributed by atoms with Crippen molar-refractivity contribution in [3.05, 3.63) is 71.9 Å². The summed E-state index contributed by atoms with van der Waals surface area (Å²) in [6, 6.07) is 11.8. The molecule has 0 saturated carbocycles. The van der Waals surface area contributed by atoms with Crippen LogP contribution in [0.1, 0.15) is 10.4 Å². The molecule has 2 aromatic carbocycles. The minimum Gasteiger partial charge on any atom is -0.457 e. The number of ether oxygens (including phenoxy) is 1. The summed E-state index contributed by atoms with van der Waals surface area (Å²) in [5, 5.41) is 4.13. The van der Waals surface area contributed by atoms with E-state index in [1.54, 1.807) is 23.9 Å². The molecule has 0 aliphatic rings. The number of nitrogens with one attached hydrogen (secondary N) is 1. The van der Waals surface area contributed by atoms with Crippen molar-refractivity contribution < 1.29 is 4.74 Å². The lowest BCUT2D eigenvalue weighted by Gasteiger charge is -2.12. The van der Waals surface area contributed by atoms with E-state index in [2.05, 4.69) is 30.2 Å². The summed E-state index contributed by atoms with van der Waals surface area (Å²) >= 11 is 1.55. The number of hydrogen-bond acceptors (Lipinski definition) is 9. The molecular weight excluding hydrogens is 460 g/mol. The zero-order valence-electron chi connectivity index (χ0n) is 19.2. The van der Waals surface area contributed by atoms with Gasteiger partial charge in [-0.3, -0.25) is 0 Å². The number of anilines is 2. The second-order valence-corrected chi connectivity index (χ2v) is 9.37. The van der Waals surface area contributed by atoms with Crippen LogP contribution in [0, 0.1) is 13.8 Å². The average molecular weight is 481 g/mol. The van der Waals surface area contributed by atoms with Crippen LogP contribution in [0.3, 0.4) is 0 Å². The average Bonchev–Trinajstić information content (AvgIpc) is 3.46. The highest BCUT2D eigenvalue weighted by Gasteiger charge is 2.13. The number of benzene rings is 2. The van der Waals surface area contributed by atoms with Crippen LogP contribution in [0.25, 0.3) is 32.9 Å². The van der Waals surface area contributed by atoms with Crippen molar-refractivity contribution in [3.63, 3.8) is 0 Å². The molecule has 0 saturated heterocycles. The summed E-state index contributed by atoms with van der Waals surface area (Å²) in [4.78, 5) is 27.7.